The summed E-state index contributed by atoms with van der Waals surface area (Å²) in [7, 11) is 2.19. The molecule has 1 saturated heterocycles. The summed E-state index contributed by atoms with van der Waals surface area (Å²) in [6.45, 7) is 4.33. The maximum absolute atomic E-state index is 10.2. The minimum atomic E-state index is -1.35. The van der Waals surface area contributed by atoms with Crippen LogP contribution in [0.1, 0.15) is 38.3 Å². The monoisotopic (exact) mass is 278 g/mol. The molecule has 2 rings (SSSR count). The van der Waals surface area contributed by atoms with Gasteiger partial charge in [-0.1, -0.05) is 19.9 Å². The maximum Gasteiger partial charge on any atom is 0.372 e. The largest absolute Gasteiger partial charge is 0.475 e. The Morgan fingerprint density at radius 1 is 1.45 bits per heavy atom. The van der Waals surface area contributed by atoms with E-state index in [9.17, 15) is 9.59 Å². The Kier molecular flexibility index (Phi) is 6.31. The zero-order chi connectivity index (χ0) is 15.1. The van der Waals surface area contributed by atoms with Gasteiger partial charge in [0, 0.05) is 24.4 Å². The quantitative estimate of drug-likeness (QED) is 0.858. The number of rotatable bonds is 3. The fourth-order valence-electron chi connectivity index (χ4n) is 2.15. The van der Waals surface area contributed by atoms with E-state index < -0.39 is 17.7 Å². The molecule has 1 aromatic heterocycles. The fourth-order valence-corrected chi connectivity index (χ4v) is 2.15. The Balaban J connectivity index is 0.000000221. The average molecular weight is 278 g/mol. The molecule has 1 fully saturated rings. The molecule has 5 heteroatoms. The zero-order valence-corrected chi connectivity index (χ0v) is 12.2. The van der Waals surface area contributed by atoms with Gasteiger partial charge in [-0.2, -0.15) is 0 Å². The van der Waals surface area contributed by atoms with E-state index in [1.54, 1.807) is 13.8 Å². The van der Waals surface area contributed by atoms with E-state index in [1.165, 1.54) is 24.9 Å². The van der Waals surface area contributed by atoms with Gasteiger partial charge in [-0.3, -0.25) is 14.7 Å². The van der Waals surface area contributed by atoms with Crippen LogP contribution < -0.4 is 0 Å². The van der Waals surface area contributed by atoms with E-state index in [0.29, 0.717) is 6.04 Å². The zero-order valence-electron chi connectivity index (χ0n) is 12.2. The van der Waals surface area contributed by atoms with Gasteiger partial charge in [0.1, 0.15) is 0 Å². The molecule has 0 aliphatic carbocycles. The van der Waals surface area contributed by atoms with Crippen LogP contribution in [0, 0.1) is 5.92 Å². The van der Waals surface area contributed by atoms with Gasteiger partial charge in [-0.05, 0) is 38.1 Å². The van der Waals surface area contributed by atoms with Crippen LogP contribution in [0.4, 0.5) is 0 Å². The van der Waals surface area contributed by atoms with Gasteiger partial charge < -0.3 is 5.11 Å². The molecule has 1 aliphatic heterocycles. The SMILES string of the molecule is CC(C)C(=O)C(=O)O.CN1CCCC1c1cccnc1. The third-order valence-electron chi connectivity index (χ3n) is 3.32. The first-order valence-electron chi connectivity index (χ1n) is 6.80. The van der Waals surface area contributed by atoms with Crippen molar-refractivity contribution in [2.24, 2.45) is 5.92 Å². The summed E-state index contributed by atoms with van der Waals surface area (Å²) in [5.74, 6) is -2.47. The van der Waals surface area contributed by atoms with Gasteiger partial charge >= 0.3 is 5.97 Å². The predicted octanol–water partition coefficient (Wildman–Crippen LogP) is 2.14. The summed E-state index contributed by atoms with van der Waals surface area (Å²) in [5, 5.41) is 8.00. The van der Waals surface area contributed by atoms with Crippen molar-refractivity contribution in [2.45, 2.75) is 32.7 Å². The van der Waals surface area contributed by atoms with Crippen LogP contribution in [-0.4, -0.2) is 40.3 Å². The van der Waals surface area contributed by atoms with Gasteiger partial charge in [0.25, 0.3) is 0 Å². The molecule has 1 aliphatic rings. The molecule has 0 radical (unpaired) electrons. The Morgan fingerprint density at radius 2 is 2.15 bits per heavy atom. The van der Waals surface area contributed by atoms with E-state index in [0.717, 1.165) is 0 Å². The highest BCUT2D eigenvalue weighted by molar-refractivity contribution is 6.33. The Labute approximate surface area is 119 Å². The number of carbonyl (C=O) groups is 2. The second-order valence-corrected chi connectivity index (χ2v) is 5.25. The number of nitrogens with zero attached hydrogens (tertiary/aromatic N) is 2. The Bertz CT molecular complexity index is 446. The Morgan fingerprint density at radius 3 is 2.50 bits per heavy atom. The number of likely N-dealkylation sites (tertiary alicyclic amines) is 1. The highest BCUT2D eigenvalue weighted by Gasteiger charge is 2.21. The van der Waals surface area contributed by atoms with Crippen LogP contribution in [-0.2, 0) is 9.59 Å². The molecule has 5 nitrogen and oxygen atoms in total. The lowest BCUT2D eigenvalue weighted by Crippen LogP contribution is -2.18. The molecule has 0 spiro atoms. The van der Waals surface area contributed by atoms with Crippen LogP contribution in [0.3, 0.4) is 0 Å². The maximum atomic E-state index is 10.2. The Hall–Kier alpha value is -1.75. The van der Waals surface area contributed by atoms with E-state index in [1.807, 2.05) is 18.5 Å². The number of Topliss-reactive ketones (excluding diaryl/α,β-unsaturated/α-hetero) is 1. The summed E-state index contributed by atoms with van der Waals surface area (Å²) < 4.78 is 0. The summed E-state index contributed by atoms with van der Waals surface area (Å²) in [4.78, 5) is 26.6. The van der Waals surface area contributed by atoms with Crippen LogP contribution in [0.2, 0.25) is 0 Å². The van der Waals surface area contributed by atoms with Gasteiger partial charge in [0.2, 0.25) is 5.78 Å². The number of carbonyl (C=O) groups excluding carboxylic acids is 1. The normalized spacial score (nSPS) is 18.5. The molecule has 1 aromatic rings. The number of ketones is 1. The summed E-state index contributed by atoms with van der Waals surface area (Å²) in [6.07, 6.45) is 6.41. The number of pyridine rings is 1. The molecule has 0 aromatic carbocycles. The van der Waals surface area contributed by atoms with Crippen molar-refractivity contribution in [3.63, 3.8) is 0 Å². The first-order valence-corrected chi connectivity index (χ1v) is 6.80. The summed E-state index contributed by atoms with van der Waals surface area (Å²) in [5.41, 5.74) is 1.36. The van der Waals surface area contributed by atoms with Gasteiger partial charge in [0.15, 0.2) is 0 Å². The molecule has 0 bridgehead atoms. The van der Waals surface area contributed by atoms with Gasteiger partial charge in [-0.15, -0.1) is 0 Å². The van der Waals surface area contributed by atoms with Gasteiger partial charge in [-0.25, -0.2) is 4.79 Å². The van der Waals surface area contributed by atoms with E-state index in [2.05, 4.69) is 23.0 Å². The number of aromatic nitrogens is 1. The average Bonchev–Trinajstić information content (AvgIpc) is 2.85. The lowest BCUT2D eigenvalue weighted by molar-refractivity contribution is -0.150. The second kappa shape index (κ2) is 7.75. The molecule has 0 amide bonds. The fraction of sp³-hybridized carbons (Fsp3) is 0.533. The highest BCUT2D eigenvalue weighted by Crippen LogP contribution is 2.29. The van der Waals surface area contributed by atoms with Crippen LogP contribution >= 0.6 is 0 Å². The molecule has 20 heavy (non-hydrogen) atoms. The minimum Gasteiger partial charge on any atom is -0.475 e. The highest BCUT2D eigenvalue weighted by atomic mass is 16.4. The van der Waals surface area contributed by atoms with E-state index in [-0.39, 0.29) is 0 Å². The van der Waals surface area contributed by atoms with E-state index in [4.69, 9.17) is 5.11 Å². The standard InChI is InChI=1S/C10H14N2.C5H8O3/c1-12-7-3-5-10(12)9-4-2-6-11-8-9;1-3(2)4(6)5(7)8/h2,4,6,8,10H,3,5,7H2,1H3;3H,1-2H3,(H,7,8). The molecule has 1 unspecified atom stereocenters. The first-order chi connectivity index (χ1) is 9.43. The van der Waals surface area contributed by atoms with Crippen LogP contribution in [0.25, 0.3) is 0 Å². The number of carboxylic acid groups (broad SMARTS) is 1. The minimum absolute atomic E-state index is 0.396. The van der Waals surface area contributed by atoms with Crippen molar-refractivity contribution in [1.82, 2.24) is 9.88 Å². The van der Waals surface area contributed by atoms with Crippen molar-refractivity contribution < 1.29 is 14.7 Å². The van der Waals surface area contributed by atoms with E-state index >= 15 is 0 Å². The van der Waals surface area contributed by atoms with Crippen molar-refractivity contribution in [2.75, 3.05) is 13.6 Å². The number of hydrogen-bond donors (Lipinski definition) is 1. The molecule has 0 saturated carbocycles. The van der Waals surface area contributed by atoms with Crippen molar-refractivity contribution >= 4 is 11.8 Å². The number of hydrogen-bond acceptors (Lipinski definition) is 4. The first kappa shape index (κ1) is 16.3. The number of aliphatic carboxylic acids is 1. The van der Waals surface area contributed by atoms with Crippen molar-refractivity contribution in [1.29, 1.82) is 0 Å². The second-order valence-electron chi connectivity index (χ2n) is 5.25. The third kappa shape index (κ3) is 4.74. The summed E-state index contributed by atoms with van der Waals surface area (Å²) >= 11 is 0. The van der Waals surface area contributed by atoms with Crippen molar-refractivity contribution in [3.05, 3.63) is 30.1 Å². The molecular formula is C15H22N2O3. The van der Waals surface area contributed by atoms with Crippen LogP contribution in [0.15, 0.2) is 24.5 Å². The molecule has 1 N–H and O–H groups in total. The molecule has 2 heterocycles. The summed E-state index contributed by atoms with van der Waals surface area (Å²) in [6, 6.07) is 4.79. The predicted molar refractivity (Wildman–Crippen MR) is 76.3 cm³/mol. The molecule has 1 atom stereocenters. The third-order valence-corrected chi connectivity index (χ3v) is 3.32. The van der Waals surface area contributed by atoms with Gasteiger partial charge in [0.05, 0.1) is 0 Å². The van der Waals surface area contributed by atoms with Crippen LogP contribution in [0.5, 0.6) is 0 Å². The lowest BCUT2D eigenvalue weighted by Gasteiger charge is -2.18. The molecule has 110 valence electrons. The molecular weight excluding hydrogens is 256 g/mol. The lowest BCUT2D eigenvalue weighted by atomic mass is 10.1. The van der Waals surface area contributed by atoms with Crippen molar-refractivity contribution in [3.8, 4) is 0 Å². The topological polar surface area (TPSA) is 70.5 Å². The number of carboxylic acids is 1. The smallest absolute Gasteiger partial charge is 0.372 e.